The lowest BCUT2D eigenvalue weighted by molar-refractivity contribution is 0.0668. The monoisotopic (exact) mass is 323 g/mol. The van der Waals surface area contributed by atoms with Crippen molar-refractivity contribution in [2.75, 3.05) is 0 Å². The van der Waals surface area contributed by atoms with Gasteiger partial charge in [0.15, 0.2) is 0 Å². The lowest BCUT2D eigenvalue weighted by Crippen LogP contribution is -2.29. The molecular weight excluding hydrogens is 306 g/mol. The molecule has 23 heavy (non-hydrogen) atoms. The molecule has 3 rings (SSSR count). The van der Waals surface area contributed by atoms with E-state index in [2.05, 4.69) is 17.1 Å². The molecule has 0 spiro atoms. The van der Waals surface area contributed by atoms with E-state index in [0.717, 1.165) is 12.0 Å². The first kappa shape index (κ1) is 15.7. The maximum atomic E-state index is 11.4. The Morgan fingerprint density at radius 3 is 2.22 bits per heavy atom. The van der Waals surface area contributed by atoms with Crippen LogP contribution in [0.4, 0.5) is 0 Å². The average Bonchev–Trinajstić information content (AvgIpc) is 2.62. The molecule has 0 aliphatic heterocycles. The molecule has 0 saturated heterocycles. The predicted molar refractivity (Wildman–Crippen MR) is 93.5 cm³/mol. The summed E-state index contributed by atoms with van der Waals surface area (Å²) in [5.74, 6) is 0. The number of rotatable bonds is 5. The molecular formula is C20H18ClNO. The predicted octanol–water partition coefficient (Wildman–Crippen LogP) is 4.60. The number of benzene rings is 2. The highest BCUT2D eigenvalue weighted by Crippen LogP contribution is 2.33. The largest absolute Gasteiger partial charge is 0.379 e. The minimum Gasteiger partial charge on any atom is -0.379 e. The van der Waals surface area contributed by atoms with Crippen molar-refractivity contribution in [2.24, 2.45) is 0 Å². The van der Waals surface area contributed by atoms with Gasteiger partial charge in [-0.1, -0.05) is 60.1 Å². The van der Waals surface area contributed by atoms with E-state index < -0.39 is 5.60 Å². The average molecular weight is 324 g/mol. The van der Waals surface area contributed by atoms with E-state index in [9.17, 15) is 5.11 Å². The third-order valence-electron chi connectivity index (χ3n) is 4.03. The Morgan fingerprint density at radius 2 is 1.57 bits per heavy atom. The van der Waals surface area contributed by atoms with Crippen LogP contribution >= 0.6 is 11.6 Å². The minimum atomic E-state index is -1.14. The zero-order valence-electron chi connectivity index (χ0n) is 12.7. The molecule has 116 valence electrons. The first-order valence-corrected chi connectivity index (χ1v) is 8.00. The molecule has 1 unspecified atom stereocenters. The van der Waals surface area contributed by atoms with Gasteiger partial charge in [-0.25, -0.2) is 0 Å². The molecule has 0 saturated carbocycles. The minimum absolute atomic E-state index is 0.551. The van der Waals surface area contributed by atoms with Crippen LogP contribution in [0.15, 0.2) is 79.0 Å². The first-order valence-electron chi connectivity index (χ1n) is 7.62. The summed E-state index contributed by atoms with van der Waals surface area (Å²) in [5, 5.41) is 12.1. The summed E-state index contributed by atoms with van der Waals surface area (Å²) in [6, 6.07) is 23.1. The van der Waals surface area contributed by atoms with Crippen molar-refractivity contribution in [1.29, 1.82) is 0 Å². The van der Waals surface area contributed by atoms with Gasteiger partial charge in [0.25, 0.3) is 0 Å². The number of aryl methyl sites for hydroxylation is 1. The fourth-order valence-corrected chi connectivity index (χ4v) is 2.85. The zero-order chi connectivity index (χ0) is 16.1. The van der Waals surface area contributed by atoms with Crippen LogP contribution in [0.25, 0.3) is 0 Å². The number of hydrogen-bond donors (Lipinski definition) is 1. The van der Waals surface area contributed by atoms with Crippen LogP contribution in [0.1, 0.15) is 23.2 Å². The Balaban J connectivity index is 1.95. The highest BCUT2D eigenvalue weighted by Gasteiger charge is 2.32. The van der Waals surface area contributed by atoms with Gasteiger partial charge in [0.1, 0.15) is 5.60 Å². The number of aliphatic hydroxyl groups is 1. The fourth-order valence-electron chi connectivity index (χ4n) is 2.72. The molecule has 2 aromatic carbocycles. The van der Waals surface area contributed by atoms with E-state index in [1.165, 1.54) is 5.56 Å². The van der Waals surface area contributed by atoms with Gasteiger partial charge >= 0.3 is 0 Å². The molecule has 1 atom stereocenters. The molecule has 0 radical (unpaired) electrons. The maximum absolute atomic E-state index is 11.4. The Bertz CT molecular complexity index is 744. The molecule has 2 nitrogen and oxygen atoms in total. The number of aromatic nitrogens is 1. The maximum Gasteiger partial charge on any atom is 0.132 e. The molecule has 0 bridgehead atoms. The van der Waals surface area contributed by atoms with E-state index in [0.29, 0.717) is 17.1 Å². The fraction of sp³-hybridized carbons (Fsp3) is 0.150. The molecule has 3 heteroatoms. The second-order valence-electron chi connectivity index (χ2n) is 5.57. The summed E-state index contributed by atoms with van der Waals surface area (Å²) in [4.78, 5) is 4.38. The van der Waals surface area contributed by atoms with Crippen molar-refractivity contribution in [2.45, 2.75) is 18.4 Å². The molecule has 1 N–H and O–H groups in total. The smallest absolute Gasteiger partial charge is 0.132 e. The van der Waals surface area contributed by atoms with Crippen LogP contribution < -0.4 is 0 Å². The number of nitrogens with zero attached hydrogens (tertiary/aromatic N) is 1. The van der Waals surface area contributed by atoms with E-state index in [4.69, 9.17) is 11.6 Å². The van der Waals surface area contributed by atoms with Gasteiger partial charge in [-0.3, -0.25) is 4.98 Å². The van der Waals surface area contributed by atoms with Crippen molar-refractivity contribution in [3.8, 4) is 0 Å². The normalized spacial score (nSPS) is 13.5. The molecule has 3 aromatic rings. The number of pyridine rings is 1. The van der Waals surface area contributed by atoms with Crippen LogP contribution in [0.3, 0.4) is 0 Å². The summed E-state index contributed by atoms with van der Waals surface area (Å²) in [5.41, 5.74) is 1.51. The molecule has 0 amide bonds. The first-order chi connectivity index (χ1) is 11.2. The van der Waals surface area contributed by atoms with Crippen LogP contribution in [-0.4, -0.2) is 10.1 Å². The highest BCUT2D eigenvalue weighted by molar-refractivity contribution is 6.30. The van der Waals surface area contributed by atoms with Crippen LogP contribution in [0.2, 0.25) is 5.02 Å². The second-order valence-corrected chi connectivity index (χ2v) is 6.00. The van der Waals surface area contributed by atoms with Gasteiger partial charge in [-0.05, 0) is 48.2 Å². The topological polar surface area (TPSA) is 33.1 Å². The summed E-state index contributed by atoms with van der Waals surface area (Å²) in [7, 11) is 0. The quantitative estimate of drug-likeness (QED) is 0.744. The van der Waals surface area contributed by atoms with Crippen molar-refractivity contribution in [3.05, 3.63) is 101 Å². The van der Waals surface area contributed by atoms with Gasteiger partial charge in [0.2, 0.25) is 0 Å². The Labute approximate surface area is 141 Å². The Hall–Kier alpha value is -2.16. The summed E-state index contributed by atoms with van der Waals surface area (Å²) in [6.45, 7) is 0. The van der Waals surface area contributed by atoms with Gasteiger partial charge in [-0.2, -0.15) is 0 Å². The SMILES string of the molecule is OC(CCc1ccccc1)(c1ccc(Cl)cc1)c1ccccn1. The van der Waals surface area contributed by atoms with E-state index in [1.807, 2.05) is 48.5 Å². The molecule has 0 aliphatic carbocycles. The Kier molecular flexibility index (Phi) is 4.75. The van der Waals surface area contributed by atoms with Crippen LogP contribution in [0, 0.1) is 0 Å². The van der Waals surface area contributed by atoms with Gasteiger partial charge < -0.3 is 5.11 Å². The van der Waals surface area contributed by atoms with Crippen molar-refractivity contribution in [1.82, 2.24) is 4.98 Å². The van der Waals surface area contributed by atoms with Crippen molar-refractivity contribution >= 4 is 11.6 Å². The Morgan fingerprint density at radius 1 is 0.870 bits per heavy atom. The summed E-state index contributed by atoms with van der Waals surface area (Å²) in [6.07, 6.45) is 3.02. The van der Waals surface area contributed by atoms with E-state index >= 15 is 0 Å². The standard InChI is InChI=1S/C20H18ClNO/c21-18-11-9-17(10-12-18)20(23,19-8-4-5-15-22-19)14-13-16-6-2-1-3-7-16/h1-12,15,23H,13-14H2. The lowest BCUT2D eigenvalue weighted by atomic mass is 9.84. The highest BCUT2D eigenvalue weighted by atomic mass is 35.5. The molecule has 0 aliphatic rings. The van der Waals surface area contributed by atoms with Crippen molar-refractivity contribution < 1.29 is 5.11 Å². The summed E-state index contributed by atoms with van der Waals surface area (Å²) < 4.78 is 0. The van der Waals surface area contributed by atoms with E-state index in [1.54, 1.807) is 18.3 Å². The van der Waals surface area contributed by atoms with Crippen LogP contribution in [0.5, 0.6) is 0 Å². The van der Waals surface area contributed by atoms with Crippen LogP contribution in [-0.2, 0) is 12.0 Å². The van der Waals surface area contributed by atoms with Crippen molar-refractivity contribution in [3.63, 3.8) is 0 Å². The zero-order valence-corrected chi connectivity index (χ0v) is 13.4. The third-order valence-corrected chi connectivity index (χ3v) is 4.28. The lowest BCUT2D eigenvalue weighted by Gasteiger charge is -2.28. The van der Waals surface area contributed by atoms with Gasteiger partial charge in [0, 0.05) is 11.2 Å². The van der Waals surface area contributed by atoms with Gasteiger partial charge in [0.05, 0.1) is 5.69 Å². The second kappa shape index (κ2) is 6.95. The van der Waals surface area contributed by atoms with E-state index in [-0.39, 0.29) is 0 Å². The number of hydrogen-bond acceptors (Lipinski definition) is 2. The molecule has 0 fully saturated rings. The molecule has 1 heterocycles. The third kappa shape index (κ3) is 3.61. The van der Waals surface area contributed by atoms with Gasteiger partial charge in [-0.15, -0.1) is 0 Å². The number of halogens is 1. The summed E-state index contributed by atoms with van der Waals surface area (Å²) >= 11 is 5.98. The molecule has 1 aromatic heterocycles.